The van der Waals surface area contributed by atoms with Gasteiger partial charge in [-0.2, -0.15) is 0 Å². The molecule has 1 saturated heterocycles. The summed E-state index contributed by atoms with van der Waals surface area (Å²) in [6.45, 7) is 13.7. The molecule has 2 aromatic rings. The summed E-state index contributed by atoms with van der Waals surface area (Å²) in [5.74, 6) is -0.358. The molecule has 1 aliphatic rings. The Hall–Kier alpha value is -1.49. The molecule has 5 heteroatoms. The summed E-state index contributed by atoms with van der Waals surface area (Å²) in [5, 5.41) is 1.57. The Bertz CT molecular complexity index is 823. The molecule has 1 aromatic heterocycles. The molecule has 25 heavy (non-hydrogen) atoms. The van der Waals surface area contributed by atoms with Crippen LogP contribution < -0.4 is 0 Å². The molecule has 1 unspecified atom stereocenters. The first kappa shape index (κ1) is 18.3. The molecule has 132 valence electrons. The molecule has 0 bridgehead atoms. The number of rotatable bonds is 2. The van der Waals surface area contributed by atoms with Crippen LogP contribution in [0.15, 0.2) is 36.4 Å². The van der Waals surface area contributed by atoms with Crippen molar-refractivity contribution in [3.63, 3.8) is 0 Å². The number of carbonyl (C=O) groups is 1. The van der Waals surface area contributed by atoms with Crippen LogP contribution in [0.4, 0.5) is 0 Å². The minimum absolute atomic E-state index is 0.0335. The van der Waals surface area contributed by atoms with Crippen molar-refractivity contribution in [2.24, 2.45) is 0 Å². The molecule has 0 saturated carbocycles. The van der Waals surface area contributed by atoms with E-state index in [1.807, 2.05) is 58.9 Å². The highest BCUT2D eigenvalue weighted by Crippen LogP contribution is 2.47. The van der Waals surface area contributed by atoms with Gasteiger partial charge in [0.2, 0.25) is 0 Å². The van der Waals surface area contributed by atoms with Gasteiger partial charge in [0.05, 0.1) is 17.2 Å². The van der Waals surface area contributed by atoms with Crippen LogP contribution in [-0.2, 0) is 9.53 Å². The fourth-order valence-electron chi connectivity index (χ4n) is 3.28. The first-order valence-corrected chi connectivity index (χ1v) is 9.39. The maximum absolute atomic E-state index is 13.1. The summed E-state index contributed by atoms with van der Waals surface area (Å²) in [7, 11) is 0. The van der Waals surface area contributed by atoms with Crippen molar-refractivity contribution < 1.29 is 9.53 Å². The zero-order valence-electron chi connectivity index (χ0n) is 15.1. The lowest BCUT2D eigenvalue weighted by atomic mass is 9.75. The Morgan fingerprint density at radius 1 is 1.16 bits per heavy atom. The molecule has 0 aliphatic carbocycles. The average Bonchev–Trinajstić information content (AvgIpc) is 2.88. The van der Waals surface area contributed by atoms with Crippen LogP contribution in [0.5, 0.6) is 0 Å². The molecule has 1 aromatic carbocycles. The summed E-state index contributed by atoms with van der Waals surface area (Å²) in [6.07, 6.45) is 0. The number of carbonyl (C=O) groups excluding carboxylic acids is 1. The van der Waals surface area contributed by atoms with E-state index in [0.717, 1.165) is 26.7 Å². The fourth-order valence-corrected chi connectivity index (χ4v) is 4.61. The predicted octanol–water partition coefficient (Wildman–Crippen LogP) is 5.57. The molecule has 0 N–H and O–H groups in total. The summed E-state index contributed by atoms with van der Waals surface area (Å²) in [5.41, 5.74) is 1.21. The number of ketones is 1. The van der Waals surface area contributed by atoms with Gasteiger partial charge in [0.15, 0.2) is 5.78 Å². The number of halogens is 1. The van der Waals surface area contributed by atoms with E-state index in [9.17, 15) is 4.79 Å². The fraction of sp³-hybridized carbons (Fsp3) is 0.400. The van der Waals surface area contributed by atoms with Crippen molar-refractivity contribution in [1.82, 2.24) is 4.98 Å². The first-order chi connectivity index (χ1) is 11.5. The van der Waals surface area contributed by atoms with Gasteiger partial charge in [-0.25, -0.2) is 4.98 Å². The van der Waals surface area contributed by atoms with E-state index >= 15 is 0 Å². The first-order valence-electron chi connectivity index (χ1n) is 8.20. The van der Waals surface area contributed by atoms with Crippen molar-refractivity contribution in [3.8, 4) is 10.6 Å². The number of Topliss-reactive ketones (excluding diaryl/α,β-unsaturated/α-hetero) is 1. The number of hydrogen-bond acceptors (Lipinski definition) is 4. The lowest BCUT2D eigenvalue weighted by Crippen LogP contribution is -2.53. The van der Waals surface area contributed by atoms with E-state index in [0.29, 0.717) is 5.02 Å². The van der Waals surface area contributed by atoms with E-state index in [2.05, 4.69) is 6.58 Å². The third-order valence-electron chi connectivity index (χ3n) is 4.67. The van der Waals surface area contributed by atoms with E-state index in [1.165, 1.54) is 0 Å². The maximum atomic E-state index is 13.1. The maximum Gasteiger partial charge on any atom is 0.176 e. The third kappa shape index (κ3) is 3.19. The van der Waals surface area contributed by atoms with E-state index < -0.39 is 17.1 Å². The number of hydrogen-bond donors (Lipinski definition) is 0. The second-order valence-corrected chi connectivity index (χ2v) is 8.89. The zero-order chi connectivity index (χ0) is 18.6. The Labute approximate surface area is 157 Å². The SMILES string of the molecule is C=C1C(c2sc(-c3ccc(Cl)cc3)nc2C)C(=O)C(C)(C)OC1(C)C. The largest absolute Gasteiger partial charge is 0.358 e. The van der Waals surface area contributed by atoms with Gasteiger partial charge < -0.3 is 4.74 Å². The van der Waals surface area contributed by atoms with Crippen molar-refractivity contribution in [2.75, 3.05) is 0 Å². The topological polar surface area (TPSA) is 39.2 Å². The third-order valence-corrected chi connectivity index (χ3v) is 6.20. The molecule has 2 heterocycles. The summed E-state index contributed by atoms with van der Waals surface area (Å²) in [6, 6.07) is 7.58. The van der Waals surface area contributed by atoms with Gasteiger partial charge >= 0.3 is 0 Å². The highest BCUT2D eigenvalue weighted by Gasteiger charge is 2.50. The van der Waals surface area contributed by atoms with Crippen molar-refractivity contribution in [2.45, 2.75) is 51.7 Å². The second-order valence-electron chi connectivity index (χ2n) is 7.42. The Balaban J connectivity index is 2.07. The summed E-state index contributed by atoms with van der Waals surface area (Å²) >= 11 is 7.51. The smallest absolute Gasteiger partial charge is 0.176 e. The Morgan fingerprint density at radius 3 is 2.36 bits per heavy atom. The molecule has 3 rings (SSSR count). The minimum Gasteiger partial charge on any atom is -0.358 e. The molecule has 1 aliphatic heterocycles. The average molecular weight is 376 g/mol. The normalized spacial score (nSPS) is 22.2. The lowest BCUT2D eigenvalue weighted by molar-refractivity contribution is -0.165. The zero-order valence-corrected chi connectivity index (χ0v) is 16.7. The number of benzene rings is 1. The number of ether oxygens (including phenoxy) is 1. The number of nitrogens with zero attached hydrogens (tertiary/aromatic N) is 1. The molecule has 0 radical (unpaired) electrons. The Kier molecular flexibility index (Phi) is 4.43. The van der Waals surface area contributed by atoms with Crippen LogP contribution in [0.2, 0.25) is 5.02 Å². The van der Waals surface area contributed by atoms with Gasteiger partial charge in [-0.1, -0.05) is 30.3 Å². The minimum atomic E-state index is -0.855. The number of aromatic nitrogens is 1. The van der Waals surface area contributed by atoms with Crippen LogP contribution in [-0.4, -0.2) is 22.0 Å². The monoisotopic (exact) mass is 375 g/mol. The lowest BCUT2D eigenvalue weighted by Gasteiger charge is -2.45. The van der Waals surface area contributed by atoms with Crippen LogP contribution in [0, 0.1) is 6.92 Å². The molecule has 1 atom stereocenters. The van der Waals surface area contributed by atoms with Crippen molar-refractivity contribution in [3.05, 3.63) is 52.0 Å². The summed E-state index contributed by atoms with van der Waals surface area (Å²) < 4.78 is 6.00. The van der Waals surface area contributed by atoms with Crippen LogP contribution in [0.1, 0.15) is 44.2 Å². The van der Waals surface area contributed by atoms with Gasteiger partial charge in [-0.05, 0) is 52.3 Å². The highest BCUT2D eigenvalue weighted by atomic mass is 35.5. The van der Waals surface area contributed by atoms with Gasteiger partial charge in [0.1, 0.15) is 10.6 Å². The van der Waals surface area contributed by atoms with Gasteiger partial charge in [0.25, 0.3) is 0 Å². The number of aryl methyl sites for hydroxylation is 1. The number of thiazole rings is 1. The highest BCUT2D eigenvalue weighted by molar-refractivity contribution is 7.15. The molecular formula is C20H22ClNO2S. The summed E-state index contributed by atoms with van der Waals surface area (Å²) in [4.78, 5) is 18.7. The molecule has 3 nitrogen and oxygen atoms in total. The van der Waals surface area contributed by atoms with E-state index in [-0.39, 0.29) is 5.78 Å². The second kappa shape index (κ2) is 6.04. The molecule has 0 amide bonds. The van der Waals surface area contributed by atoms with E-state index in [1.54, 1.807) is 11.3 Å². The molecule has 1 fully saturated rings. The molecular weight excluding hydrogens is 354 g/mol. The Morgan fingerprint density at radius 2 is 1.76 bits per heavy atom. The van der Waals surface area contributed by atoms with Gasteiger partial charge in [-0.3, -0.25) is 4.79 Å². The predicted molar refractivity (Wildman–Crippen MR) is 103 cm³/mol. The van der Waals surface area contributed by atoms with Crippen molar-refractivity contribution >= 4 is 28.7 Å². The van der Waals surface area contributed by atoms with E-state index in [4.69, 9.17) is 21.3 Å². The molecule has 0 spiro atoms. The standard InChI is InChI=1S/C20H22ClNO2S/c1-11-15(17(23)20(5,6)24-19(11,3)4)16-12(2)22-18(25-16)13-7-9-14(21)10-8-13/h7-10,15H,1H2,2-6H3. The van der Waals surface area contributed by atoms with Crippen LogP contribution in [0.3, 0.4) is 0 Å². The van der Waals surface area contributed by atoms with Gasteiger partial charge in [0, 0.05) is 15.5 Å². The quantitative estimate of drug-likeness (QED) is 0.644. The van der Waals surface area contributed by atoms with Crippen LogP contribution in [0.25, 0.3) is 10.6 Å². The van der Waals surface area contributed by atoms with Crippen molar-refractivity contribution in [1.29, 1.82) is 0 Å². The van der Waals surface area contributed by atoms with Gasteiger partial charge in [-0.15, -0.1) is 11.3 Å². The van der Waals surface area contributed by atoms with Crippen LogP contribution >= 0.6 is 22.9 Å².